The number of hydrogen-bond donors (Lipinski definition) is 2. The Morgan fingerprint density at radius 1 is 1.14 bits per heavy atom. The van der Waals surface area contributed by atoms with Crippen LogP contribution in [0.25, 0.3) is 0 Å². The van der Waals surface area contributed by atoms with Crippen LogP contribution in [0.5, 0.6) is 5.75 Å². The maximum Gasteiger partial charge on any atom is 0.119 e. The topological polar surface area (TPSA) is 57.5 Å². The fraction of sp³-hybridized carbons (Fsp3) is 0.294. The predicted octanol–water partition coefficient (Wildman–Crippen LogP) is 2.62. The number of nitrogens with zero attached hydrogens (tertiary/aromatic N) is 2. The lowest BCUT2D eigenvalue weighted by atomic mass is 9.92. The third kappa shape index (κ3) is 2.89. The number of aromatic nitrogens is 1. The molecule has 1 atom stereocenters. The van der Waals surface area contributed by atoms with E-state index in [4.69, 9.17) is 0 Å². The van der Waals surface area contributed by atoms with Gasteiger partial charge in [0.25, 0.3) is 0 Å². The van der Waals surface area contributed by atoms with E-state index in [2.05, 4.69) is 15.3 Å². The van der Waals surface area contributed by atoms with Gasteiger partial charge in [0, 0.05) is 24.3 Å². The quantitative estimate of drug-likeness (QED) is 0.909. The molecule has 2 aromatic rings. The second-order valence-electron chi connectivity index (χ2n) is 5.24. The molecule has 0 radical (unpaired) electrons. The average Bonchev–Trinajstić information content (AvgIpc) is 2.51. The fourth-order valence-corrected chi connectivity index (χ4v) is 2.65. The van der Waals surface area contributed by atoms with E-state index >= 15 is 0 Å². The van der Waals surface area contributed by atoms with Crippen LogP contribution in [0.1, 0.15) is 29.3 Å². The molecule has 1 aliphatic rings. The van der Waals surface area contributed by atoms with Crippen LogP contribution in [0.4, 0.5) is 0 Å². The van der Waals surface area contributed by atoms with Gasteiger partial charge in [-0.25, -0.2) is 0 Å². The molecule has 2 heterocycles. The van der Waals surface area contributed by atoms with Gasteiger partial charge < -0.3 is 10.4 Å². The van der Waals surface area contributed by atoms with E-state index in [1.165, 1.54) is 0 Å². The summed E-state index contributed by atoms with van der Waals surface area (Å²) >= 11 is 0. The van der Waals surface area contributed by atoms with Crippen LogP contribution in [-0.4, -0.2) is 29.0 Å². The van der Waals surface area contributed by atoms with E-state index in [9.17, 15) is 5.11 Å². The van der Waals surface area contributed by atoms with Crippen LogP contribution in [0.2, 0.25) is 0 Å². The predicted molar refractivity (Wildman–Crippen MR) is 83.8 cm³/mol. The Balaban J connectivity index is 2.11. The highest BCUT2D eigenvalue weighted by molar-refractivity contribution is 5.92. The molecule has 4 heteroatoms. The molecular weight excluding hydrogens is 262 g/mol. The summed E-state index contributed by atoms with van der Waals surface area (Å²) in [5.74, 6) is 1.02. The first kappa shape index (κ1) is 13.6. The summed E-state index contributed by atoms with van der Waals surface area (Å²) in [7, 11) is 0. The number of pyridine rings is 1. The van der Waals surface area contributed by atoms with Crippen molar-refractivity contribution in [3.8, 4) is 5.75 Å². The molecule has 1 aliphatic heterocycles. The van der Waals surface area contributed by atoms with Crippen molar-refractivity contribution in [3.63, 3.8) is 0 Å². The molecule has 0 saturated carbocycles. The van der Waals surface area contributed by atoms with Crippen LogP contribution in [0, 0.1) is 6.92 Å². The lowest BCUT2D eigenvalue weighted by Crippen LogP contribution is -2.35. The third-order valence-corrected chi connectivity index (χ3v) is 3.65. The summed E-state index contributed by atoms with van der Waals surface area (Å²) in [5, 5.41) is 13.6. The van der Waals surface area contributed by atoms with Crippen molar-refractivity contribution in [2.75, 3.05) is 13.1 Å². The first-order valence-corrected chi connectivity index (χ1v) is 7.25. The lowest BCUT2D eigenvalue weighted by molar-refractivity contribution is 0.467. The standard InChI is InChI=1S/C17H19N3O/c1-12-6-4-8-14(20-12)16(17-18-10-5-11-19-17)13-7-2-3-9-15(13)21/h2-4,6-9,16,21H,5,10-11H2,1H3,(H,18,19). The summed E-state index contributed by atoms with van der Waals surface area (Å²) in [6.45, 7) is 3.70. The summed E-state index contributed by atoms with van der Waals surface area (Å²) in [4.78, 5) is 9.24. The van der Waals surface area contributed by atoms with Crippen LogP contribution >= 0.6 is 0 Å². The van der Waals surface area contributed by atoms with Crippen LogP contribution < -0.4 is 5.32 Å². The van der Waals surface area contributed by atoms with E-state index in [0.717, 1.165) is 42.3 Å². The van der Waals surface area contributed by atoms with Crippen molar-refractivity contribution in [1.82, 2.24) is 10.3 Å². The number of aryl methyl sites for hydroxylation is 1. The van der Waals surface area contributed by atoms with Gasteiger partial charge in [0.2, 0.25) is 0 Å². The van der Waals surface area contributed by atoms with Gasteiger partial charge in [0.05, 0.1) is 11.6 Å². The molecule has 1 aromatic carbocycles. The average molecular weight is 281 g/mol. The zero-order chi connectivity index (χ0) is 14.7. The first-order valence-electron chi connectivity index (χ1n) is 7.25. The smallest absolute Gasteiger partial charge is 0.119 e. The molecular formula is C17H19N3O. The molecule has 4 nitrogen and oxygen atoms in total. The molecule has 1 unspecified atom stereocenters. The van der Waals surface area contributed by atoms with E-state index in [-0.39, 0.29) is 11.7 Å². The number of aliphatic imine (C=N–C) groups is 1. The maximum atomic E-state index is 10.2. The lowest BCUT2D eigenvalue weighted by Gasteiger charge is -2.24. The van der Waals surface area contributed by atoms with Crippen molar-refractivity contribution in [2.24, 2.45) is 4.99 Å². The number of hydrogen-bond acceptors (Lipinski definition) is 4. The monoisotopic (exact) mass is 281 g/mol. The first-order chi connectivity index (χ1) is 10.3. The Bertz CT molecular complexity index is 667. The van der Waals surface area contributed by atoms with Gasteiger partial charge in [0.15, 0.2) is 0 Å². The molecule has 3 rings (SSSR count). The van der Waals surface area contributed by atoms with Gasteiger partial charge >= 0.3 is 0 Å². The largest absolute Gasteiger partial charge is 0.508 e. The van der Waals surface area contributed by atoms with Gasteiger partial charge in [0.1, 0.15) is 11.6 Å². The summed E-state index contributed by atoms with van der Waals surface area (Å²) < 4.78 is 0. The number of nitrogens with one attached hydrogen (secondary N) is 1. The van der Waals surface area contributed by atoms with E-state index in [1.54, 1.807) is 6.07 Å². The molecule has 0 aliphatic carbocycles. The number of amidine groups is 1. The Hall–Kier alpha value is -2.36. The highest BCUT2D eigenvalue weighted by Gasteiger charge is 2.25. The number of phenols is 1. The van der Waals surface area contributed by atoms with Crippen molar-refractivity contribution in [2.45, 2.75) is 19.3 Å². The minimum absolute atomic E-state index is 0.147. The maximum absolute atomic E-state index is 10.2. The minimum atomic E-state index is -0.147. The highest BCUT2D eigenvalue weighted by Crippen LogP contribution is 2.31. The Morgan fingerprint density at radius 3 is 2.71 bits per heavy atom. The summed E-state index contributed by atoms with van der Waals surface area (Å²) in [6.07, 6.45) is 1.04. The van der Waals surface area contributed by atoms with Crippen LogP contribution in [0.15, 0.2) is 47.5 Å². The summed E-state index contributed by atoms with van der Waals surface area (Å²) in [5.41, 5.74) is 2.71. The zero-order valence-electron chi connectivity index (χ0n) is 12.1. The normalized spacial score (nSPS) is 16.0. The van der Waals surface area contributed by atoms with Gasteiger partial charge in [-0.15, -0.1) is 0 Å². The SMILES string of the molecule is Cc1cccc(C(C2=NCCCN2)c2ccccc2O)n1. The van der Waals surface area contributed by atoms with Gasteiger partial charge in [-0.05, 0) is 31.5 Å². The van der Waals surface area contributed by atoms with Crippen molar-refractivity contribution in [1.29, 1.82) is 0 Å². The zero-order valence-corrected chi connectivity index (χ0v) is 12.1. The molecule has 0 amide bonds. The van der Waals surface area contributed by atoms with Crippen LogP contribution in [0.3, 0.4) is 0 Å². The molecule has 108 valence electrons. The fourth-order valence-electron chi connectivity index (χ4n) is 2.65. The highest BCUT2D eigenvalue weighted by atomic mass is 16.3. The third-order valence-electron chi connectivity index (χ3n) is 3.65. The minimum Gasteiger partial charge on any atom is -0.508 e. The van der Waals surface area contributed by atoms with Gasteiger partial charge in [-0.3, -0.25) is 9.98 Å². The van der Waals surface area contributed by atoms with Crippen molar-refractivity contribution >= 4 is 5.84 Å². The van der Waals surface area contributed by atoms with E-state index in [1.807, 2.05) is 43.3 Å². The molecule has 0 saturated heterocycles. The number of benzene rings is 1. The van der Waals surface area contributed by atoms with Crippen LogP contribution in [-0.2, 0) is 0 Å². The molecule has 2 N–H and O–H groups in total. The summed E-state index contributed by atoms with van der Waals surface area (Å²) in [6, 6.07) is 13.4. The number of para-hydroxylation sites is 1. The number of rotatable bonds is 3. The van der Waals surface area contributed by atoms with Crippen molar-refractivity contribution in [3.05, 3.63) is 59.4 Å². The second kappa shape index (κ2) is 5.95. The van der Waals surface area contributed by atoms with E-state index < -0.39 is 0 Å². The van der Waals surface area contributed by atoms with Gasteiger partial charge in [-0.1, -0.05) is 24.3 Å². The molecule has 0 fully saturated rings. The Kier molecular flexibility index (Phi) is 3.86. The van der Waals surface area contributed by atoms with Gasteiger partial charge in [-0.2, -0.15) is 0 Å². The Labute approximate surface area is 124 Å². The molecule has 0 bridgehead atoms. The second-order valence-corrected chi connectivity index (χ2v) is 5.24. The van der Waals surface area contributed by atoms with Crippen molar-refractivity contribution < 1.29 is 5.11 Å². The molecule has 1 aromatic heterocycles. The van der Waals surface area contributed by atoms with E-state index in [0.29, 0.717) is 0 Å². The number of phenolic OH excluding ortho intramolecular Hbond substituents is 1. The Morgan fingerprint density at radius 2 is 2.00 bits per heavy atom. The molecule has 0 spiro atoms. The molecule has 21 heavy (non-hydrogen) atoms. The number of aromatic hydroxyl groups is 1.